The minimum Gasteiger partial charge on any atom is -0.315 e. The highest BCUT2D eigenvalue weighted by Crippen LogP contribution is 2.22. The van der Waals surface area contributed by atoms with Gasteiger partial charge in [0.25, 0.3) is 0 Å². The third-order valence-electron chi connectivity index (χ3n) is 3.22. The van der Waals surface area contributed by atoms with Gasteiger partial charge in [-0.2, -0.15) is 9.57 Å². The first kappa shape index (κ1) is 13.9. The Labute approximate surface area is 113 Å². The van der Waals surface area contributed by atoms with Gasteiger partial charge in [0.15, 0.2) is 5.69 Å². The molecule has 1 N–H and O–H groups in total. The SMILES string of the molecule is CCN(C1CCNC1)S(=O)(=O)c1cccnc1C#N. The van der Waals surface area contributed by atoms with Crippen molar-refractivity contribution in [3.63, 3.8) is 0 Å². The van der Waals surface area contributed by atoms with Gasteiger partial charge in [-0.15, -0.1) is 0 Å². The van der Waals surface area contributed by atoms with Crippen LogP contribution in [0.5, 0.6) is 0 Å². The molecule has 1 aliphatic rings. The zero-order valence-electron chi connectivity index (χ0n) is 10.7. The molecule has 1 aromatic rings. The third-order valence-corrected chi connectivity index (χ3v) is 5.28. The van der Waals surface area contributed by atoms with Crippen LogP contribution in [0.15, 0.2) is 23.2 Å². The fourth-order valence-corrected chi connectivity index (χ4v) is 4.08. The topological polar surface area (TPSA) is 86.1 Å². The van der Waals surface area contributed by atoms with Crippen LogP contribution in [-0.4, -0.2) is 43.4 Å². The summed E-state index contributed by atoms with van der Waals surface area (Å²) in [7, 11) is -3.67. The minimum absolute atomic E-state index is 0.00810. The number of hydrogen-bond donors (Lipinski definition) is 1. The van der Waals surface area contributed by atoms with Crippen LogP contribution in [0.1, 0.15) is 19.0 Å². The predicted molar refractivity (Wildman–Crippen MR) is 69.8 cm³/mol. The number of nitriles is 1. The zero-order valence-corrected chi connectivity index (χ0v) is 11.5. The van der Waals surface area contributed by atoms with Crippen LogP contribution >= 0.6 is 0 Å². The molecule has 6 nitrogen and oxygen atoms in total. The Hall–Kier alpha value is -1.49. The number of pyridine rings is 1. The summed E-state index contributed by atoms with van der Waals surface area (Å²) in [6.07, 6.45) is 2.21. The van der Waals surface area contributed by atoms with Crippen molar-refractivity contribution in [2.24, 2.45) is 0 Å². The number of rotatable bonds is 4. The lowest BCUT2D eigenvalue weighted by Crippen LogP contribution is -2.41. The fourth-order valence-electron chi connectivity index (χ4n) is 2.32. The molecule has 0 spiro atoms. The molecule has 1 aromatic heterocycles. The second kappa shape index (κ2) is 5.65. The van der Waals surface area contributed by atoms with E-state index in [1.54, 1.807) is 6.92 Å². The lowest BCUT2D eigenvalue weighted by Gasteiger charge is -2.26. The second-order valence-corrected chi connectivity index (χ2v) is 6.18. The molecule has 19 heavy (non-hydrogen) atoms. The molecule has 1 aliphatic heterocycles. The number of sulfonamides is 1. The maximum Gasteiger partial charge on any atom is 0.246 e. The number of likely N-dealkylation sites (N-methyl/N-ethyl adjacent to an activating group) is 1. The van der Waals surface area contributed by atoms with Gasteiger partial charge in [-0.05, 0) is 25.1 Å². The van der Waals surface area contributed by atoms with Gasteiger partial charge in [-0.1, -0.05) is 6.92 Å². The second-order valence-electron chi connectivity index (χ2n) is 4.32. The van der Waals surface area contributed by atoms with Crippen molar-refractivity contribution in [3.8, 4) is 6.07 Å². The number of nitrogens with one attached hydrogen (secondary N) is 1. The summed E-state index contributed by atoms with van der Waals surface area (Å²) in [5.41, 5.74) is -0.0492. The molecule has 2 rings (SSSR count). The van der Waals surface area contributed by atoms with Crippen LogP contribution in [0.25, 0.3) is 0 Å². The summed E-state index contributed by atoms with van der Waals surface area (Å²) in [4.78, 5) is 3.82. The quantitative estimate of drug-likeness (QED) is 0.858. The molecule has 0 saturated carbocycles. The lowest BCUT2D eigenvalue weighted by atomic mass is 10.3. The van der Waals surface area contributed by atoms with E-state index in [-0.39, 0.29) is 16.6 Å². The van der Waals surface area contributed by atoms with Gasteiger partial charge in [-0.3, -0.25) is 0 Å². The summed E-state index contributed by atoms with van der Waals surface area (Å²) in [5, 5.41) is 12.1. The van der Waals surface area contributed by atoms with Crippen molar-refractivity contribution >= 4 is 10.0 Å². The average molecular weight is 280 g/mol. The largest absolute Gasteiger partial charge is 0.315 e. The molecule has 0 radical (unpaired) electrons. The highest BCUT2D eigenvalue weighted by atomic mass is 32.2. The zero-order chi connectivity index (χ0) is 13.9. The Bertz CT molecular complexity index is 588. The van der Waals surface area contributed by atoms with Crippen molar-refractivity contribution in [2.75, 3.05) is 19.6 Å². The van der Waals surface area contributed by atoms with Gasteiger partial charge >= 0.3 is 0 Å². The van der Waals surface area contributed by atoms with Crippen molar-refractivity contribution < 1.29 is 8.42 Å². The molecule has 7 heteroatoms. The summed E-state index contributed by atoms with van der Waals surface area (Å²) in [6.45, 7) is 3.65. The third kappa shape index (κ3) is 2.61. The van der Waals surface area contributed by atoms with Gasteiger partial charge in [0, 0.05) is 25.3 Å². The molecule has 1 fully saturated rings. The van der Waals surface area contributed by atoms with Crippen molar-refractivity contribution in [3.05, 3.63) is 24.0 Å². The van der Waals surface area contributed by atoms with Crippen LogP contribution < -0.4 is 5.32 Å². The summed E-state index contributed by atoms with van der Waals surface area (Å²) < 4.78 is 26.7. The standard InChI is InChI=1S/C12H16N4O2S/c1-2-16(10-5-7-14-9-10)19(17,18)12-4-3-6-15-11(12)8-13/h3-4,6,10,14H,2,5,7,9H2,1H3. The van der Waals surface area contributed by atoms with Gasteiger partial charge in [0.1, 0.15) is 11.0 Å². The van der Waals surface area contributed by atoms with E-state index >= 15 is 0 Å². The van der Waals surface area contributed by atoms with E-state index in [4.69, 9.17) is 5.26 Å². The predicted octanol–water partition coefficient (Wildman–Crippen LogP) is 0.326. The molecular weight excluding hydrogens is 264 g/mol. The molecule has 102 valence electrons. The first-order valence-corrected chi connectivity index (χ1v) is 7.63. The molecule has 1 unspecified atom stereocenters. The summed E-state index contributed by atoms with van der Waals surface area (Å²) >= 11 is 0. The summed E-state index contributed by atoms with van der Waals surface area (Å²) in [5.74, 6) is 0. The first-order chi connectivity index (χ1) is 9.11. The molecule has 0 bridgehead atoms. The van der Waals surface area contributed by atoms with Crippen LogP contribution in [-0.2, 0) is 10.0 Å². The molecular formula is C12H16N4O2S. The Balaban J connectivity index is 2.43. The highest BCUT2D eigenvalue weighted by molar-refractivity contribution is 7.89. The molecule has 1 atom stereocenters. The van der Waals surface area contributed by atoms with Gasteiger partial charge in [0.05, 0.1) is 0 Å². The molecule has 0 aliphatic carbocycles. The van der Waals surface area contributed by atoms with E-state index in [1.807, 2.05) is 6.07 Å². The lowest BCUT2D eigenvalue weighted by molar-refractivity contribution is 0.348. The Morgan fingerprint density at radius 2 is 2.42 bits per heavy atom. The van der Waals surface area contributed by atoms with Crippen LogP contribution in [0.2, 0.25) is 0 Å². The van der Waals surface area contributed by atoms with E-state index in [0.29, 0.717) is 13.1 Å². The molecule has 0 amide bonds. The van der Waals surface area contributed by atoms with Crippen LogP contribution in [0.3, 0.4) is 0 Å². The Morgan fingerprint density at radius 1 is 1.63 bits per heavy atom. The monoisotopic (exact) mass is 280 g/mol. The highest BCUT2D eigenvalue weighted by Gasteiger charge is 2.33. The molecule has 1 saturated heterocycles. The van der Waals surface area contributed by atoms with E-state index in [2.05, 4.69) is 10.3 Å². The van der Waals surface area contributed by atoms with Crippen LogP contribution in [0.4, 0.5) is 0 Å². The molecule has 2 heterocycles. The van der Waals surface area contributed by atoms with Crippen molar-refractivity contribution in [2.45, 2.75) is 24.3 Å². The first-order valence-electron chi connectivity index (χ1n) is 6.19. The fraction of sp³-hybridized carbons (Fsp3) is 0.500. The van der Waals surface area contributed by atoms with E-state index < -0.39 is 10.0 Å². The average Bonchev–Trinajstić information content (AvgIpc) is 2.93. The number of hydrogen-bond acceptors (Lipinski definition) is 5. The van der Waals surface area contributed by atoms with Crippen molar-refractivity contribution in [1.82, 2.24) is 14.6 Å². The van der Waals surface area contributed by atoms with Gasteiger partial charge < -0.3 is 5.32 Å². The number of nitrogens with zero attached hydrogens (tertiary/aromatic N) is 3. The Morgan fingerprint density at radius 3 is 3.00 bits per heavy atom. The smallest absolute Gasteiger partial charge is 0.246 e. The van der Waals surface area contributed by atoms with Gasteiger partial charge in [-0.25, -0.2) is 13.4 Å². The van der Waals surface area contributed by atoms with Gasteiger partial charge in [0.2, 0.25) is 10.0 Å². The Kier molecular flexibility index (Phi) is 4.14. The maximum absolute atomic E-state index is 12.6. The van der Waals surface area contributed by atoms with E-state index in [0.717, 1.165) is 13.0 Å². The molecule has 0 aromatic carbocycles. The number of aromatic nitrogens is 1. The summed E-state index contributed by atoms with van der Waals surface area (Å²) in [6, 6.07) is 4.76. The minimum atomic E-state index is -3.67. The van der Waals surface area contributed by atoms with Crippen LogP contribution in [0, 0.1) is 11.3 Å². The normalized spacial score (nSPS) is 19.5. The van der Waals surface area contributed by atoms with E-state index in [9.17, 15) is 8.42 Å². The van der Waals surface area contributed by atoms with E-state index in [1.165, 1.54) is 22.6 Å². The maximum atomic E-state index is 12.6. The van der Waals surface area contributed by atoms with Crippen molar-refractivity contribution in [1.29, 1.82) is 5.26 Å².